The van der Waals surface area contributed by atoms with Crippen LogP contribution in [0.4, 0.5) is 0 Å². The predicted octanol–water partition coefficient (Wildman–Crippen LogP) is 3.89. The van der Waals surface area contributed by atoms with E-state index in [9.17, 15) is 39.6 Å². The number of carboxylic acids is 2. The summed E-state index contributed by atoms with van der Waals surface area (Å²) >= 11 is 12.8. The van der Waals surface area contributed by atoms with Crippen LogP contribution in [0, 0.1) is 10.8 Å². The van der Waals surface area contributed by atoms with Crippen molar-refractivity contribution < 1.29 is 49.1 Å². The molecule has 0 saturated heterocycles. The molecule has 14 heteroatoms. The lowest BCUT2D eigenvalue weighted by atomic mass is 9.56. The maximum atomic E-state index is 12.9. The first-order chi connectivity index (χ1) is 16.5. The van der Waals surface area contributed by atoms with E-state index in [4.69, 9.17) is 9.47 Å². The Bertz CT molecular complexity index is 967. The van der Waals surface area contributed by atoms with Crippen LogP contribution in [0.1, 0.15) is 26.7 Å². The molecule has 0 fully saturated rings. The summed E-state index contributed by atoms with van der Waals surface area (Å²) in [6.45, 7) is 8.27. The summed E-state index contributed by atoms with van der Waals surface area (Å²) in [5.74, 6) is -4.99. The van der Waals surface area contributed by atoms with Crippen molar-refractivity contribution in [3.05, 3.63) is 42.2 Å². The van der Waals surface area contributed by atoms with E-state index in [1.165, 1.54) is 13.8 Å². The standard InChI is InChI=1S/C22H24Br4O10/c1-9(2)17(29)35-7-11(27)5-21(19(31)32)15(25)13(23)14(24)16(26)22(21,20(33)34)6-12(28)8-36-18(30)10(3)4/h11-12,27-28H,1,3,5-8H2,2,4H3,(H,31,32)(H,33,34). The summed E-state index contributed by atoms with van der Waals surface area (Å²) in [6, 6.07) is 0. The van der Waals surface area contributed by atoms with Crippen molar-refractivity contribution in [1.29, 1.82) is 0 Å². The summed E-state index contributed by atoms with van der Waals surface area (Å²) in [5, 5.41) is 42.3. The molecular formula is C22H24Br4O10. The summed E-state index contributed by atoms with van der Waals surface area (Å²) in [6.07, 6.45) is -4.82. The lowest BCUT2D eigenvalue weighted by Crippen LogP contribution is -2.58. The van der Waals surface area contributed by atoms with Crippen LogP contribution in [0.25, 0.3) is 0 Å². The van der Waals surface area contributed by atoms with E-state index in [0.717, 1.165) is 0 Å². The maximum absolute atomic E-state index is 12.9. The van der Waals surface area contributed by atoms with Gasteiger partial charge in [0, 0.05) is 29.1 Å². The number of aliphatic hydroxyl groups excluding tert-OH is 2. The summed E-state index contributed by atoms with van der Waals surface area (Å²) in [7, 11) is 0. The van der Waals surface area contributed by atoms with E-state index in [-0.39, 0.29) is 29.1 Å². The zero-order valence-electron chi connectivity index (χ0n) is 19.1. The molecule has 0 heterocycles. The number of rotatable bonds is 12. The average Bonchev–Trinajstić information content (AvgIpc) is 2.79. The maximum Gasteiger partial charge on any atom is 0.333 e. The molecule has 4 unspecified atom stereocenters. The van der Waals surface area contributed by atoms with E-state index < -0.39 is 73.0 Å². The second-order valence-electron chi connectivity index (χ2n) is 8.15. The topological polar surface area (TPSA) is 168 Å². The third-order valence-electron chi connectivity index (χ3n) is 5.38. The fourth-order valence-corrected chi connectivity index (χ4v) is 6.95. The van der Waals surface area contributed by atoms with Crippen LogP contribution < -0.4 is 0 Å². The Morgan fingerprint density at radius 1 is 0.750 bits per heavy atom. The van der Waals surface area contributed by atoms with Gasteiger partial charge in [-0.1, -0.05) is 45.0 Å². The van der Waals surface area contributed by atoms with Gasteiger partial charge in [-0.3, -0.25) is 9.59 Å². The zero-order valence-corrected chi connectivity index (χ0v) is 25.5. The molecule has 0 aromatic rings. The van der Waals surface area contributed by atoms with Gasteiger partial charge in [0.05, 0.1) is 12.2 Å². The summed E-state index contributed by atoms with van der Waals surface area (Å²) in [4.78, 5) is 49.3. The van der Waals surface area contributed by atoms with Gasteiger partial charge in [0.2, 0.25) is 0 Å². The highest BCUT2D eigenvalue weighted by Crippen LogP contribution is 2.65. The molecule has 0 aromatic heterocycles. The van der Waals surface area contributed by atoms with Crippen molar-refractivity contribution in [1.82, 2.24) is 0 Å². The molecule has 1 aliphatic carbocycles. The van der Waals surface area contributed by atoms with E-state index in [1.807, 2.05) is 0 Å². The van der Waals surface area contributed by atoms with E-state index in [1.54, 1.807) is 0 Å². The van der Waals surface area contributed by atoms with Gasteiger partial charge in [0.15, 0.2) is 0 Å². The number of carbonyl (C=O) groups excluding carboxylic acids is 2. The molecule has 0 aromatic carbocycles. The van der Waals surface area contributed by atoms with Crippen molar-refractivity contribution in [3.8, 4) is 0 Å². The van der Waals surface area contributed by atoms with Gasteiger partial charge in [-0.2, -0.15) is 0 Å². The van der Waals surface area contributed by atoms with Crippen molar-refractivity contribution in [2.75, 3.05) is 13.2 Å². The fraction of sp³-hybridized carbons (Fsp3) is 0.455. The molecule has 0 aliphatic heterocycles. The van der Waals surface area contributed by atoms with Gasteiger partial charge >= 0.3 is 23.9 Å². The molecule has 200 valence electrons. The van der Waals surface area contributed by atoms with Crippen LogP contribution in [-0.4, -0.2) is 69.7 Å². The number of halogens is 4. The molecule has 0 bridgehead atoms. The first-order valence-electron chi connectivity index (χ1n) is 10.1. The third kappa shape index (κ3) is 6.38. The second-order valence-corrected chi connectivity index (χ2v) is 11.3. The Morgan fingerprint density at radius 3 is 1.25 bits per heavy atom. The Kier molecular flexibility index (Phi) is 11.8. The summed E-state index contributed by atoms with van der Waals surface area (Å²) < 4.78 is 9.75. The van der Waals surface area contributed by atoms with Crippen molar-refractivity contribution in [2.24, 2.45) is 10.8 Å². The third-order valence-corrected chi connectivity index (χ3v) is 10.7. The first kappa shape index (κ1) is 32.7. The molecule has 0 spiro atoms. The number of allylic oxidation sites excluding steroid dienone is 2. The number of aliphatic carboxylic acids is 2. The molecule has 4 atom stereocenters. The van der Waals surface area contributed by atoms with Gasteiger partial charge in [-0.15, -0.1) is 0 Å². The minimum Gasteiger partial charge on any atom is -0.481 e. The van der Waals surface area contributed by atoms with Crippen molar-refractivity contribution in [3.63, 3.8) is 0 Å². The smallest absolute Gasteiger partial charge is 0.333 e. The lowest BCUT2D eigenvalue weighted by Gasteiger charge is -2.49. The van der Waals surface area contributed by atoms with Gasteiger partial charge in [-0.05, 0) is 58.5 Å². The van der Waals surface area contributed by atoms with Crippen LogP contribution in [0.2, 0.25) is 0 Å². The van der Waals surface area contributed by atoms with Gasteiger partial charge in [-0.25, -0.2) is 9.59 Å². The van der Waals surface area contributed by atoms with E-state index >= 15 is 0 Å². The first-order valence-corrected chi connectivity index (χ1v) is 13.2. The van der Waals surface area contributed by atoms with E-state index in [2.05, 4.69) is 76.9 Å². The predicted molar refractivity (Wildman–Crippen MR) is 143 cm³/mol. The normalized spacial score (nSPS) is 23.6. The minimum atomic E-state index is -2.44. The SMILES string of the molecule is C=C(C)C(=O)OCC(O)CC1(C(=O)O)C(Br)=C(Br)C(Br)=C(Br)C1(CC(O)COC(=O)C(=C)C)C(=O)O. The zero-order chi connectivity index (χ0) is 28.2. The van der Waals surface area contributed by atoms with Crippen LogP contribution in [0.3, 0.4) is 0 Å². The average molecular weight is 768 g/mol. The highest BCUT2D eigenvalue weighted by molar-refractivity contribution is 9.17. The molecule has 10 nitrogen and oxygen atoms in total. The Hall–Kier alpha value is -1.32. The number of esters is 2. The van der Waals surface area contributed by atoms with Crippen LogP contribution >= 0.6 is 63.7 Å². The molecular weight excluding hydrogens is 744 g/mol. The number of carbonyl (C=O) groups is 4. The van der Waals surface area contributed by atoms with Crippen molar-refractivity contribution in [2.45, 2.75) is 38.9 Å². The molecule has 0 radical (unpaired) electrons. The van der Waals surface area contributed by atoms with Crippen LogP contribution in [0.15, 0.2) is 42.2 Å². The van der Waals surface area contributed by atoms with Gasteiger partial charge in [0.1, 0.15) is 24.0 Å². The molecule has 0 saturated carbocycles. The Morgan fingerprint density at radius 2 is 1.03 bits per heavy atom. The number of hydrogen-bond acceptors (Lipinski definition) is 8. The quantitative estimate of drug-likeness (QED) is 0.169. The van der Waals surface area contributed by atoms with Gasteiger partial charge in [0.25, 0.3) is 0 Å². The monoisotopic (exact) mass is 764 g/mol. The van der Waals surface area contributed by atoms with Crippen LogP contribution in [0.5, 0.6) is 0 Å². The van der Waals surface area contributed by atoms with E-state index in [0.29, 0.717) is 0 Å². The number of carboxylic acid groups (broad SMARTS) is 2. The van der Waals surface area contributed by atoms with Crippen LogP contribution in [-0.2, 0) is 28.7 Å². The minimum absolute atomic E-state index is 0.0403. The highest BCUT2D eigenvalue weighted by atomic mass is 79.9. The molecule has 4 N–H and O–H groups in total. The Balaban J connectivity index is 3.67. The second kappa shape index (κ2) is 13.0. The highest BCUT2D eigenvalue weighted by Gasteiger charge is 2.68. The molecule has 36 heavy (non-hydrogen) atoms. The summed E-state index contributed by atoms with van der Waals surface area (Å²) in [5.41, 5.74) is -4.80. The fourth-order valence-electron chi connectivity index (χ4n) is 3.61. The molecule has 1 rings (SSSR count). The van der Waals surface area contributed by atoms with Gasteiger partial charge < -0.3 is 29.9 Å². The Labute approximate surface area is 240 Å². The number of hydrogen-bond donors (Lipinski definition) is 4. The van der Waals surface area contributed by atoms with Crippen molar-refractivity contribution >= 4 is 87.6 Å². The number of ether oxygens (including phenoxy) is 2. The lowest BCUT2D eigenvalue weighted by molar-refractivity contribution is -0.173. The number of aliphatic hydroxyl groups is 2. The molecule has 0 amide bonds. The molecule has 1 aliphatic rings. The largest absolute Gasteiger partial charge is 0.481 e.